The third-order valence-electron chi connectivity index (χ3n) is 4.50. The number of carbonyl (C=O) groups excluding carboxylic acids is 1. The van der Waals surface area contributed by atoms with Crippen LogP contribution in [0.1, 0.15) is 28.2 Å². The Labute approximate surface area is 166 Å². The van der Waals surface area contributed by atoms with Crippen molar-refractivity contribution in [3.63, 3.8) is 0 Å². The molecule has 1 unspecified atom stereocenters. The van der Waals surface area contributed by atoms with Crippen molar-refractivity contribution in [1.29, 1.82) is 0 Å². The fraction of sp³-hybridized carbons (Fsp3) is 0.143. The topological polar surface area (TPSA) is 46.9 Å². The van der Waals surface area contributed by atoms with E-state index in [1.165, 1.54) is 11.3 Å². The summed E-state index contributed by atoms with van der Waals surface area (Å²) in [4.78, 5) is 14.4. The Hall–Kier alpha value is -2.63. The van der Waals surface area contributed by atoms with E-state index in [-0.39, 0.29) is 11.9 Å². The van der Waals surface area contributed by atoms with Crippen molar-refractivity contribution >= 4 is 39.1 Å². The summed E-state index contributed by atoms with van der Waals surface area (Å²) in [6, 6.07) is 19.4. The number of carbonyl (C=O) groups is 1. The number of amides is 1. The minimum absolute atomic E-state index is 0.0576. The summed E-state index contributed by atoms with van der Waals surface area (Å²) in [5.74, 6) is -0.0744. The lowest BCUT2D eigenvalue weighted by atomic mass is 10.1. The van der Waals surface area contributed by atoms with Gasteiger partial charge in [0, 0.05) is 23.0 Å². The first kappa shape index (κ1) is 17.8. The Morgan fingerprint density at radius 1 is 1.15 bits per heavy atom. The molecule has 4 aromatic rings. The van der Waals surface area contributed by atoms with Gasteiger partial charge >= 0.3 is 0 Å². The van der Waals surface area contributed by atoms with Crippen LogP contribution in [0.2, 0.25) is 5.02 Å². The van der Waals surface area contributed by atoms with Crippen LogP contribution < -0.4 is 5.32 Å². The standard InChI is InChI=1S/C21H18ClN3OS/c1-13(14-6-4-3-5-7-14)23-20(26)18-12-17-19(24-25(2)21(17)27-18)15-8-10-16(22)11-9-15/h3-13H,1-2H3,(H,23,26). The van der Waals surface area contributed by atoms with E-state index in [9.17, 15) is 4.79 Å². The number of aryl methyl sites for hydroxylation is 1. The molecule has 0 fully saturated rings. The zero-order chi connectivity index (χ0) is 19.0. The number of benzene rings is 2. The van der Waals surface area contributed by atoms with Gasteiger partial charge in [0.1, 0.15) is 10.5 Å². The highest BCUT2D eigenvalue weighted by Gasteiger charge is 2.19. The molecular formula is C21H18ClN3OS. The van der Waals surface area contributed by atoms with Crippen LogP contribution in [-0.2, 0) is 7.05 Å². The minimum Gasteiger partial charge on any atom is -0.345 e. The third kappa shape index (κ3) is 3.48. The van der Waals surface area contributed by atoms with Crippen LogP contribution in [0.15, 0.2) is 60.7 Å². The molecule has 6 heteroatoms. The second kappa shape index (κ2) is 7.18. The number of nitrogens with zero attached hydrogens (tertiary/aromatic N) is 2. The molecule has 0 radical (unpaired) electrons. The molecule has 0 aliphatic carbocycles. The number of aromatic nitrogens is 2. The van der Waals surface area contributed by atoms with Crippen LogP contribution in [0.5, 0.6) is 0 Å². The van der Waals surface area contributed by atoms with Gasteiger partial charge in [-0.25, -0.2) is 0 Å². The SMILES string of the molecule is CC(NC(=O)c1cc2c(-c3ccc(Cl)cc3)nn(C)c2s1)c1ccccc1. The number of nitrogens with one attached hydrogen (secondary N) is 1. The highest BCUT2D eigenvalue weighted by Crippen LogP contribution is 2.34. The van der Waals surface area contributed by atoms with Crippen LogP contribution >= 0.6 is 22.9 Å². The fourth-order valence-corrected chi connectivity index (χ4v) is 4.17. The van der Waals surface area contributed by atoms with Crippen molar-refractivity contribution in [2.24, 2.45) is 7.05 Å². The molecule has 0 saturated heterocycles. The van der Waals surface area contributed by atoms with Crippen molar-refractivity contribution in [1.82, 2.24) is 15.1 Å². The lowest BCUT2D eigenvalue weighted by Gasteiger charge is -2.13. The first-order valence-corrected chi connectivity index (χ1v) is 9.80. The fourth-order valence-electron chi connectivity index (χ4n) is 3.07. The van der Waals surface area contributed by atoms with E-state index in [0.29, 0.717) is 9.90 Å². The molecule has 1 amide bonds. The maximum atomic E-state index is 12.8. The lowest BCUT2D eigenvalue weighted by Crippen LogP contribution is -2.25. The maximum Gasteiger partial charge on any atom is 0.261 e. The van der Waals surface area contributed by atoms with Gasteiger partial charge < -0.3 is 5.32 Å². The second-order valence-electron chi connectivity index (χ2n) is 6.41. The zero-order valence-electron chi connectivity index (χ0n) is 14.9. The normalized spacial score (nSPS) is 12.3. The number of thiophene rings is 1. The van der Waals surface area contributed by atoms with Gasteiger partial charge in [-0.3, -0.25) is 9.48 Å². The quantitative estimate of drug-likeness (QED) is 0.499. The first-order valence-electron chi connectivity index (χ1n) is 8.61. The van der Waals surface area contributed by atoms with E-state index in [2.05, 4.69) is 10.4 Å². The Kier molecular flexibility index (Phi) is 4.72. The molecule has 4 nitrogen and oxygen atoms in total. The number of hydrogen-bond donors (Lipinski definition) is 1. The van der Waals surface area contributed by atoms with Gasteiger partial charge in [0.15, 0.2) is 0 Å². The monoisotopic (exact) mass is 395 g/mol. The van der Waals surface area contributed by atoms with E-state index < -0.39 is 0 Å². The van der Waals surface area contributed by atoms with Crippen LogP contribution in [-0.4, -0.2) is 15.7 Å². The Bertz CT molecular complexity index is 1100. The zero-order valence-corrected chi connectivity index (χ0v) is 16.5. The number of rotatable bonds is 4. The summed E-state index contributed by atoms with van der Waals surface area (Å²) in [6.07, 6.45) is 0. The molecule has 2 heterocycles. The van der Waals surface area contributed by atoms with Crippen molar-refractivity contribution in [3.8, 4) is 11.3 Å². The molecular weight excluding hydrogens is 378 g/mol. The summed E-state index contributed by atoms with van der Waals surface area (Å²) in [6.45, 7) is 1.99. The van der Waals surface area contributed by atoms with Gasteiger partial charge in [0.2, 0.25) is 0 Å². The number of hydrogen-bond acceptors (Lipinski definition) is 3. The molecule has 1 atom stereocenters. The Morgan fingerprint density at radius 3 is 2.56 bits per heavy atom. The van der Waals surface area contributed by atoms with E-state index in [1.807, 2.05) is 79.3 Å². The van der Waals surface area contributed by atoms with E-state index in [0.717, 1.165) is 27.0 Å². The number of halogens is 1. The summed E-state index contributed by atoms with van der Waals surface area (Å²) in [5.41, 5.74) is 2.92. The van der Waals surface area contributed by atoms with Crippen molar-refractivity contribution in [3.05, 3.63) is 76.1 Å². The molecule has 1 N–H and O–H groups in total. The Morgan fingerprint density at radius 2 is 1.85 bits per heavy atom. The summed E-state index contributed by atoms with van der Waals surface area (Å²) in [7, 11) is 1.90. The Balaban J connectivity index is 1.64. The van der Waals surface area contributed by atoms with E-state index in [4.69, 9.17) is 11.6 Å². The molecule has 4 rings (SSSR count). The minimum atomic E-state index is -0.0744. The van der Waals surface area contributed by atoms with E-state index >= 15 is 0 Å². The number of fused-ring (bicyclic) bond motifs is 1. The van der Waals surface area contributed by atoms with Crippen LogP contribution in [0, 0.1) is 0 Å². The second-order valence-corrected chi connectivity index (χ2v) is 7.88. The lowest BCUT2D eigenvalue weighted by molar-refractivity contribution is 0.0944. The van der Waals surface area contributed by atoms with Gasteiger partial charge in [-0.1, -0.05) is 54.1 Å². The molecule has 136 valence electrons. The molecule has 2 aromatic heterocycles. The summed E-state index contributed by atoms with van der Waals surface area (Å²) in [5, 5.41) is 9.35. The molecule has 2 aromatic carbocycles. The van der Waals surface area contributed by atoms with Crippen LogP contribution in [0.25, 0.3) is 21.5 Å². The highest BCUT2D eigenvalue weighted by molar-refractivity contribution is 7.20. The van der Waals surface area contributed by atoms with Gasteiger partial charge in [0.25, 0.3) is 5.91 Å². The van der Waals surface area contributed by atoms with Gasteiger partial charge in [-0.2, -0.15) is 5.10 Å². The van der Waals surface area contributed by atoms with E-state index in [1.54, 1.807) is 0 Å². The van der Waals surface area contributed by atoms with Crippen molar-refractivity contribution in [2.45, 2.75) is 13.0 Å². The summed E-state index contributed by atoms with van der Waals surface area (Å²) >= 11 is 7.44. The molecule has 27 heavy (non-hydrogen) atoms. The molecule has 0 bridgehead atoms. The van der Waals surface area contributed by atoms with Gasteiger partial charge in [0.05, 0.1) is 10.9 Å². The van der Waals surface area contributed by atoms with Crippen LogP contribution in [0.3, 0.4) is 0 Å². The smallest absolute Gasteiger partial charge is 0.261 e. The average molecular weight is 396 g/mol. The molecule has 0 saturated carbocycles. The third-order valence-corrected chi connectivity index (χ3v) is 5.95. The van der Waals surface area contributed by atoms with Crippen LogP contribution in [0.4, 0.5) is 0 Å². The summed E-state index contributed by atoms with van der Waals surface area (Å²) < 4.78 is 1.82. The highest BCUT2D eigenvalue weighted by atomic mass is 35.5. The predicted molar refractivity (Wildman–Crippen MR) is 111 cm³/mol. The predicted octanol–water partition coefficient (Wildman–Crippen LogP) is 5.45. The largest absolute Gasteiger partial charge is 0.345 e. The van der Waals surface area contributed by atoms with Gasteiger partial charge in [-0.15, -0.1) is 11.3 Å². The maximum absolute atomic E-state index is 12.8. The first-order chi connectivity index (χ1) is 13.0. The molecule has 0 spiro atoms. The van der Waals surface area contributed by atoms with Crippen molar-refractivity contribution in [2.75, 3.05) is 0 Å². The molecule has 0 aliphatic rings. The van der Waals surface area contributed by atoms with Gasteiger partial charge in [-0.05, 0) is 30.7 Å². The van der Waals surface area contributed by atoms with Crippen molar-refractivity contribution < 1.29 is 4.79 Å². The average Bonchev–Trinajstić information content (AvgIpc) is 3.24. The molecule has 0 aliphatic heterocycles.